The Morgan fingerprint density at radius 3 is 3.00 bits per heavy atom. The van der Waals surface area contributed by atoms with Crippen LogP contribution in [-0.2, 0) is 12.0 Å². The molecule has 21 heavy (non-hydrogen) atoms. The Bertz CT molecular complexity index is 569. The molecule has 4 nitrogen and oxygen atoms in total. The monoisotopic (exact) mass is 289 g/mol. The van der Waals surface area contributed by atoms with Gasteiger partial charge in [0.25, 0.3) is 0 Å². The summed E-state index contributed by atoms with van der Waals surface area (Å²) in [4.78, 5) is 0. The van der Waals surface area contributed by atoms with Gasteiger partial charge in [0.1, 0.15) is 6.10 Å². The fraction of sp³-hybridized carbons (Fsp3) is 0.529. The lowest BCUT2D eigenvalue weighted by Crippen LogP contribution is -2.40. The van der Waals surface area contributed by atoms with E-state index in [1.165, 1.54) is 11.1 Å². The molecule has 0 saturated heterocycles. The first-order valence-electron chi connectivity index (χ1n) is 7.55. The molecule has 1 aliphatic carbocycles. The Hall–Kier alpha value is -1.52. The first-order chi connectivity index (χ1) is 10.1. The van der Waals surface area contributed by atoms with Crippen LogP contribution in [0.2, 0.25) is 0 Å². The predicted octanol–water partition coefficient (Wildman–Crippen LogP) is 2.14. The minimum atomic E-state index is -0.430. The molecule has 3 atom stereocenters. The van der Waals surface area contributed by atoms with E-state index < -0.39 is 6.10 Å². The number of aliphatic hydroxyl groups is 1. The van der Waals surface area contributed by atoms with Gasteiger partial charge in [-0.15, -0.1) is 0 Å². The summed E-state index contributed by atoms with van der Waals surface area (Å²) in [5.41, 5.74) is 2.23. The number of rotatable bonds is 4. The minimum absolute atomic E-state index is 0.0378. The second-order valence-corrected chi connectivity index (χ2v) is 5.96. The average molecular weight is 289 g/mol. The lowest BCUT2D eigenvalue weighted by atomic mass is 9.72. The van der Waals surface area contributed by atoms with Gasteiger partial charge in [0.15, 0.2) is 11.5 Å². The van der Waals surface area contributed by atoms with Crippen LogP contribution in [0.3, 0.4) is 0 Å². The van der Waals surface area contributed by atoms with Crippen LogP contribution in [-0.4, -0.2) is 31.0 Å². The van der Waals surface area contributed by atoms with Crippen LogP contribution >= 0.6 is 0 Å². The van der Waals surface area contributed by atoms with Crippen LogP contribution in [0.1, 0.15) is 31.4 Å². The van der Waals surface area contributed by atoms with E-state index in [9.17, 15) is 5.11 Å². The van der Waals surface area contributed by atoms with Crippen molar-refractivity contribution in [3.63, 3.8) is 0 Å². The van der Waals surface area contributed by atoms with Crippen molar-refractivity contribution in [2.75, 3.05) is 13.7 Å². The van der Waals surface area contributed by atoms with Gasteiger partial charge in [-0.3, -0.25) is 0 Å². The van der Waals surface area contributed by atoms with Gasteiger partial charge in [-0.05, 0) is 25.1 Å². The highest BCUT2D eigenvalue weighted by Crippen LogP contribution is 2.52. The highest BCUT2D eigenvalue weighted by molar-refractivity contribution is 5.60. The maximum Gasteiger partial charge on any atom is 0.166 e. The van der Waals surface area contributed by atoms with Crippen molar-refractivity contribution in [2.24, 2.45) is 0 Å². The van der Waals surface area contributed by atoms with Crippen molar-refractivity contribution in [1.29, 1.82) is 0 Å². The second kappa shape index (κ2) is 5.35. The first-order valence-corrected chi connectivity index (χ1v) is 7.55. The molecule has 4 heteroatoms. The normalized spacial score (nSPS) is 29.7. The third-order valence-corrected chi connectivity index (χ3v) is 4.58. The van der Waals surface area contributed by atoms with Gasteiger partial charge >= 0.3 is 0 Å². The number of hydrogen-bond acceptors (Lipinski definition) is 4. The topological polar surface area (TPSA) is 50.7 Å². The summed E-state index contributed by atoms with van der Waals surface area (Å²) in [5, 5.41) is 13.3. The number of benzene rings is 1. The van der Waals surface area contributed by atoms with E-state index in [0.717, 1.165) is 24.6 Å². The Morgan fingerprint density at radius 2 is 2.29 bits per heavy atom. The largest absolute Gasteiger partial charge is 0.493 e. The van der Waals surface area contributed by atoms with E-state index in [2.05, 4.69) is 31.3 Å². The molecule has 0 spiro atoms. The Morgan fingerprint density at radius 1 is 1.48 bits per heavy atom. The van der Waals surface area contributed by atoms with Crippen LogP contribution in [0, 0.1) is 0 Å². The lowest BCUT2D eigenvalue weighted by Gasteiger charge is -2.33. The zero-order chi connectivity index (χ0) is 15.0. The molecule has 0 unspecified atom stereocenters. The smallest absolute Gasteiger partial charge is 0.166 e. The fourth-order valence-corrected chi connectivity index (χ4v) is 3.40. The highest BCUT2D eigenvalue weighted by Gasteiger charge is 2.48. The molecule has 2 N–H and O–H groups in total. The summed E-state index contributed by atoms with van der Waals surface area (Å²) in [7, 11) is 1.66. The molecule has 0 amide bonds. The van der Waals surface area contributed by atoms with Crippen LogP contribution in [0.25, 0.3) is 0 Å². The molecule has 0 aromatic heterocycles. The lowest BCUT2D eigenvalue weighted by molar-refractivity contribution is 0.0932. The van der Waals surface area contributed by atoms with Crippen molar-refractivity contribution in [1.82, 2.24) is 5.32 Å². The quantitative estimate of drug-likeness (QED) is 0.834. The van der Waals surface area contributed by atoms with E-state index in [-0.39, 0.29) is 11.5 Å². The molecular weight excluding hydrogens is 266 g/mol. The van der Waals surface area contributed by atoms with E-state index in [1.54, 1.807) is 7.11 Å². The molecule has 114 valence electrons. The number of ether oxygens (including phenoxy) is 2. The number of nitrogens with one attached hydrogen (secondary N) is 1. The first kappa shape index (κ1) is 14.4. The number of fused-ring (bicyclic) bond motifs is 3. The molecule has 0 saturated carbocycles. The van der Waals surface area contributed by atoms with Gasteiger partial charge in [0.2, 0.25) is 0 Å². The average Bonchev–Trinajstić information content (AvgIpc) is 2.78. The zero-order valence-corrected chi connectivity index (χ0v) is 12.8. The van der Waals surface area contributed by atoms with Crippen LogP contribution < -0.4 is 14.8 Å². The Balaban J connectivity index is 2.11. The maximum atomic E-state index is 9.88. The van der Waals surface area contributed by atoms with Crippen molar-refractivity contribution in [3.05, 3.63) is 35.4 Å². The minimum Gasteiger partial charge on any atom is -0.493 e. The molecule has 0 radical (unpaired) electrons. The number of hydrogen-bond donors (Lipinski definition) is 2. The SMILES string of the molecule is CCNCc1ccc(OC)c2c1[C@@]1(C)C=C[C@H](O)C[C@H]1O2. The van der Waals surface area contributed by atoms with Gasteiger partial charge in [-0.25, -0.2) is 0 Å². The van der Waals surface area contributed by atoms with Gasteiger partial charge in [0.05, 0.1) is 18.6 Å². The molecule has 3 rings (SSSR count). The van der Waals surface area contributed by atoms with Crippen molar-refractivity contribution >= 4 is 0 Å². The van der Waals surface area contributed by atoms with Gasteiger partial charge in [-0.1, -0.05) is 25.1 Å². The molecule has 1 heterocycles. The number of methoxy groups -OCH3 is 1. The standard InChI is InChI=1S/C17H23NO3/c1-4-18-10-11-5-6-13(20-3)16-15(11)17(2)8-7-12(19)9-14(17)21-16/h5-8,12,14,18-19H,4,9-10H2,1-3H3/t12-,14+,17-/m0/s1. The fourth-order valence-electron chi connectivity index (χ4n) is 3.40. The van der Waals surface area contributed by atoms with Crippen molar-refractivity contribution in [3.8, 4) is 11.5 Å². The summed E-state index contributed by atoms with van der Waals surface area (Å²) in [5.74, 6) is 1.60. The predicted molar refractivity (Wildman–Crippen MR) is 81.9 cm³/mol. The zero-order valence-electron chi connectivity index (χ0n) is 12.8. The summed E-state index contributed by atoms with van der Waals surface area (Å²) in [6.45, 7) is 6.02. The van der Waals surface area contributed by atoms with Gasteiger partial charge in [-0.2, -0.15) is 0 Å². The molecular formula is C17H23NO3. The third-order valence-electron chi connectivity index (χ3n) is 4.58. The summed E-state index contributed by atoms with van der Waals surface area (Å²) >= 11 is 0. The molecule has 0 fully saturated rings. The highest BCUT2D eigenvalue weighted by atomic mass is 16.5. The van der Waals surface area contributed by atoms with Gasteiger partial charge in [0, 0.05) is 18.5 Å². The summed E-state index contributed by atoms with van der Waals surface area (Å²) in [6, 6.07) is 4.07. The molecule has 1 aliphatic heterocycles. The van der Waals surface area contributed by atoms with Crippen LogP contribution in [0.15, 0.2) is 24.3 Å². The second-order valence-electron chi connectivity index (χ2n) is 5.96. The molecule has 1 aromatic carbocycles. The Kier molecular flexibility index (Phi) is 3.68. The molecule has 2 aliphatic rings. The molecule has 1 aromatic rings. The van der Waals surface area contributed by atoms with Crippen molar-refractivity contribution in [2.45, 2.75) is 44.4 Å². The van der Waals surface area contributed by atoms with E-state index in [0.29, 0.717) is 6.42 Å². The summed E-state index contributed by atoms with van der Waals surface area (Å²) in [6.07, 6.45) is 4.12. The number of aliphatic hydroxyl groups excluding tert-OH is 1. The van der Waals surface area contributed by atoms with Gasteiger partial charge < -0.3 is 19.9 Å². The summed E-state index contributed by atoms with van der Waals surface area (Å²) < 4.78 is 11.6. The van der Waals surface area contributed by atoms with Crippen LogP contribution in [0.4, 0.5) is 0 Å². The maximum absolute atomic E-state index is 9.88. The van der Waals surface area contributed by atoms with E-state index >= 15 is 0 Å². The van der Waals surface area contributed by atoms with E-state index in [4.69, 9.17) is 9.47 Å². The third kappa shape index (κ3) is 2.23. The van der Waals surface area contributed by atoms with Crippen molar-refractivity contribution < 1.29 is 14.6 Å². The molecule has 0 bridgehead atoms. The van der Waals surface area contributed by atoms with E-state index in [1.807, 2.05) is 12.1 Å². The Labute approximate surface area is 125 Å². The van der Waals surface area contributed by atoms with Crippen LogP contribution in [0.5, 0.6) is 11.5 Å².